The van der Waals surface area contributed by atoms with Crippen LogP contribution in [0, 0.1) is 5.82 Å². The van der Waals surface area contributed by atoms with Gasteiger partial charge in [0, 0.05) is 29.4 Å². The fourth-order valence-corrected chi connectivity index (χ4v) is 2.95. The molecule has 0 fully saturated rings. The highest BCUT2D eigenvalue weighted by Gasteiger charge is 2.14. The van der Waals surface area contributed by atoms with Gasteiger partial charge in [0.05, 0.1) is 16.6 Å². The molecule has 6 nitrogen and oxygen atoms in total. The highest BCUT2D eigenvalue weighted by molar-refractivity contribution is 6.31. The number of H-pyrrole nitrogens is 1. The monoisotopic (exact) mass is 389 g/mol. The van der Waals surface area contributed by atoms with Crippen molar-refractivity contribution in [2.45, 2.75) is 13.0 Å². The van der Waals surface area contributed by atoms with Gasteiger partial charge in [-0.05, 0) is 43.3 Å². The molecule has 0 bridgehead atoms. The fourth-order valence-electron chi connectivity index (χ4n) is 2.78. The highest BCUT2D eigenvalue weighted by Crippen LogP contribution is 2.25. The summed E-state index contributed by atoms with van der Waals surface area (Å²) in [6.07, 6.45) is -1.07. The summed E-state index contributed by atoms with van der Waals surface area (Å²) in [5.74, 6) is -0.599. The van der Waals surface area contributed by atoms with Gasteiger partial charge in [-0.3, -0.25) is 9.69 Å². The van der Waals surface area contributed by atoms with Crippen LogP contribution >= 0.6 is 11.6 Å². The van der Waals surface area contributed by atoms with Crippen molar-refractivity contribution in [1.29, 1.82) is 0 Å². The quantitative estimate of drug-likeness (QED) is 0.608. The molecule has 0 aliphatic heterocycles. The molecule has 1 amide bonds. The zero-order valence-electron chi connectivity index (χ0n) is 14.6. The molecule has 0 saturated carbocycles. The molecule has 27 heavy (non-hydrogen) atoms. The SMILES string of the molecule is C[C@H](Nc1cccc(N(C)C(=O)O)c1)c1cc2cc(Cl)c(F)cc2[nH]c1=O. The Labute approximate surface area is 159 Å². The van der Waals surface area contributed by atoms with Crippen LogP contribution in [0.5, 0.6) is 0 Å². The largest absolute Gasteiger partial charge is 0.465 e. The van der Waals surface area contributed by atoms with E-state index in [0.717, 1.165) is 4.90 Å². The molecule has 0 unspecified atom stereocenters. The standard InChI is InChI=1S/C19H17ClFN3O3/c1-10(22-12-4-3-5-13(8-12)24(2)19(26)27)14-6-11-7-15(20)16(21)9-17(11)23-18(14)25/h3-10,22H,1-2H3,(H,23,25)(H,26,27)/t10-/m0/s1. The Balaban J connectivity index is 1.92. The summed E-state index contributed by atoms with van der Waals surface area (Å²) in [5.41, 5.74) is 1.62. The zero-order valence-corrected chi connectivity index (χ0v) is 15.3. The molecule has 3 N–H and O–H groups in total. The average Bonchev–Trinajstić information content (AvgIpc) is 2.62. The number of fused-ring (bicyclic) bond motifs is 1. The predicted octanol–water partition coefficient (Wildman–Crippen LogP) is 4.61. The molecule has 1 atom stereocenters. The first-order valence-electron chi connectivity index (χ1n) is 8.11. The highest BCUT2D eigenvalue weighted by atomic mass is 35.5. The minimum absolute atomic E-state index is 0.0227. The molecule has 1 heterocycles. The van der Waals surface area contributed by atoms with Gasteiger partial charge in [0.15, 0.2) is 0 Å². The molecule has 0 saturated heterocycles. The smallest absolute Gasteiger partial charge is 0.411 e. The molecule has 2 aromatic carbocycles. The number of carbonyl (C=O) groups is 1. The molecule has 3 rings (SSSR count). The van der Waals surface area contributed by atoms with Crippen LogP contribution in [-0.4, -0.2) is 23.2 Å². The number of halogens is 2. The van der Waals surface area contributed by atoms with Crippen LogP contribution in [0.2, 0.25) is 5.02 Å². The van der Waals surface area contributed by atoms with Gasteiger partial charge < -0.3 is 15.4 Å². The van der Waals surface area contributed by atoms with Crippen LogP contribution in [0.4, 0.5) is 20.6 Å². The van der Waals surface area contributed by atoms with Crippen LogP contribution in [0.15, 0.2) is 47.3 Å². The first kappa shape index (κ1) is 18.7. The number of nitrogens with zero attached hydrogens (tertiary/aromatic N) is 1. The lowest BCUT2D eigenvalue weighted by atomic mass is 10.1. The Kier molecular flexibility index (Phi) is 5.05. The first-order chi connectivity index (χ1) is 12.8. The van der Waals surface area contributed by atoms with Crippen molar-refractivity contribution in [3.8, 4) is 0 Å². The topological polar surface area (TPSA) is 85.4 Å². The Morgan fingerprint density at radius 3 is 2.74 bits per heavy atom. The number of benzene rings is 2. The molecule has 0 aliphatic carbocycles. The van der Waals surface area contributed by atoms with Crippen molar-refractivity contribution in [1.82, 2.24) is 4.98 Å². The first-order valence-corrected chi connectivity index (χ1v) is 8.49. The normalized spacial score (nSPS) is 12.0. The maximum absolute atomic E-state index is 13.6. The third-order valence-electron chi connectivity index (χ3n) is 4.28. The van der Waals surface area contributed by atoms with Gasteiger partial charge in [-0.15, -0.1) is 0 Å². The number of anilines is 2. The van der Waals surface area contributed by atoms with E-state index in [1.54, 1.807) is 37.3 Å². The number of carboxylic acid groups (broad SMARTS) is 1. The maximum Gasteiger partial charge on any atom is 0.411 e. The average molecular weight is 390 g/mol. The fraction of sp³-hybridized carbons (Fsp3) is 0.158. The van der Waals surface area contributed by atoms with E-state index in [1.807, 2.05) is 0 Å². The predicted molar refractivity (Wildman–Crippen MR) is 104 cm³/mol. The molecule has 0 spiro atoms. The van der Waals surface area contributed by atoms with Gasteiger partial charge in [-0.2, -0.15) is 0 Å². The minimum Gasteiger partial charge on any atom is -0.465 e. The number of nitrogens with one attached hydrogen (secondary N) is 2. The number of aromatic amines is 1. The third kappa shape index (κ3) is 3.88. The molecular weight excluding hydrogens is 373 g/mol. The zero-order chi connectivity index (χ0) is 19.7. The molecule has 8 heteroatoms. The van der Waals surface area contributed by atoms with Crippen LogP contribution in [0.3, 0.4) is 0 Å². The van der Waals surface area contributed by atoms with Gasteiger partial charge in [-0.25, -0.2) is 9.18 Å². The minimum atomic E-state index is -1.07. The Hall–Kier alpha value is -3.06. The van der Waals surface area contributed by atoms with Crippen LogP contribution in [0.25, 0.3) is 10.9 Å². The second-order valence-electron chi connectivity index (χ2n) is 6.17. The second kappa shape index (κ2) is 7.28. The Bertz CT molecular complexity index is 1080. The number of rotatable bonds is 4. The number of aromatic nitrogens is 1. The van der Waals surface area contributed by atoms with Gasteiger partial charge in [0.25, 0.3) is 5.56 Å². The van der Waals surface area contributed by atoms with E-state index >= 15 is 0 Å². The summed E-state index contributed by atoms with van der Waals surface area (Å²) in [7, 11) is 1.45. The van der Waals surface area contributed by atoms with Crippen molar-refractivity contribution < 1.29 is 14.3 Å². The van der Waals surface area contributed by atoms with Crippen molar-refractivity contribution >= 4 is 40.0 Å². The Morgan fingerprint density at radius 1 is 1.30 bits per heavy atom. The van der Waals surface area contributed by atoms with E-state index in [9.17, 15) is 14.0 Å². The molecule has 0 aliphatic rings. The van der Waals surface area contributed by atoms with E-state index in [2.05, 4.69) is 10.3 Å². The summed E-state index contributed by atoms with van der Waals surface area (Å²) in [5, 5.41) is 12.9. The van der Waals surface area contributed by atoms with Crippen molar-refractivity contribution in [2.75, 3.05) is 17.3 Å². The second-order valence-corrected chi connectivity index (χ2v) is 6.57. The third-order valence-corrected chi connectivity index (χ3v) is 4.57. The number of hydrogen-bond donors (Lipinski definition) is 3. The van der Waals surface area contributed by atoms with Crippen LogP contribution in [0.1, 0.15) is 18.5 Å². The van der Waals surface area contributed by atoms with Crippen molar-refractivity contribution in [3.63, 3.8) is 0 Å². The van der Waals surface area contributed by atoms with E-state index in [1.165, 1.54) is 19.2 Å². The van der Waals surface area contributed by atoms with E-state index in [4.69, 9.17) is 16.7 Å². The van der Waals surface area contributed by atoms with Gasteiger partial charge in [-0.1, -0.05) is 17.7 Å². The van der Waals surface area contributed by atoms with Gasteiger partial charge in [0.2, 0.25) is 0 Å². The summed E-state index contributed by atoms with van der Waals surface area (Å²) in [4.78, 5) is 27.2. The van der Waals surface area contributed by atoms with E-state index in [-0.39, 0.29) is 16.6 Å². The maximum atomic E-state index is 13.6. The lowest BCUT2D eigenvalue weighted by Gasteiger charge is -2.18. The Morgan fingerprint density at radius 2 is 2.04 bits per heavy atom. The summed E-state index contributed by atoms with van der Waals surface area (Å²) >= 11 is 5.83. The molecule has 140 valence electrons. The van der Waals surface area contributed by atoms with Crippen molar-refractivity contribution in [3.05, 3.63) is 69.2 Å². The van der Waals surface area contributed by atoms with Crippen LogP contribution in [-0.2, 0) is 0 Å². The summed E-state index contributed by atoms with van der Waals surface area (Å²) in [6, 6.07) is 10.8. The van der Waals surface area contributed by atoms with E-state index < -0.39 is 11.9 Å². The molecule has 1 aromatic heterocycles. The molecule has 3 aromatic rings. The molecule has 0 radical (unpaired) electrons. The summed E-state index contributed by atoms with van der Waals surface area (Å²) in [6.45, 7) is 1.80. The van der Waals surface area contributed by atoms with Crippen molar-refractivity contribution in [2.24, 2.45) is 0 Å². The van der Waals surface area contributed by atoms with Crippen LogP contribution < -0.4 is 15.8 Å². The lowest BCUT2D eigenvalue weighted by Crippen LogP contribution is -2.24. The van der Waals surface area contributed by atoms with Gasteiger partial charge in [0.1, 0.15) is 5.82 Å². The number of hydrogen-bond acceptors (Lipinski definition) is 3. The number of amides is 1. The number of pyridine rings is 1. The van der Waals surface area contributed by atoms with E-state index in [0.29, 0.717) is 27.8 Å². The summed E-state index contributed by atoms with van der Waals surface area (Å²) < 4.78 is 13.6. The van der Waals surface area contributed by atoms with Gasteiger partial charge >= 0.3 is 6.09 Å². The lowest BCUT2D eigenvalue weighted by molar-refractivity contribution is 0.203. The molecular formula is C19H17ClFN3O3.